The molecule has 0 aromatic rings. The predicted molar refractivity (Wildman–Crippen MR) is 85.1 cm³/mol. The number of piperidine rings is 1. The molecule has 1 aliphatic heterocycles. The molecule has 1 aliphatic carbocycles. The van der Waals surface area contributed by atoms with Crippen LogP contribution in [0.3, 0.4) is 0 Å². The van der Waals surface area contributed by atoms with Crippen LogP contribution in [0.4, 0.5) is 0 Å². The molecule has 1 atom stereocenters. The monoisotopic (exact) mass is 282 g/mol. The predicted octanol–water partition coefficient (Wildman–Crippen LogP) is 2.90. The summed E-state index contributed by atoms with van der Waals surface area (Å²) in [7, 11) is 1.84. The van der Waals surface area contributed by atoms with Crippen LogP contribution in [-0.4, -0.2) is 50.8 Å². The van der Waals surface area contributed by atoms with Crippen molar-refractivity contribution >= 4 is 0 Å². The summed E-state index contributed by atoms with van der Waals surface area (Å²) in [5, 5.41) is 3.70. The van der Waals surface area contributed by atoms with E-state index < -0.39 is 0 Å². The number of methoxy groups -OCH3 is 1. The topological polar surface area (TPSA) is 24.5 Å². The van der Waals surface area contributed by atoms with Gasteiger partial charge in [-0.05, 0) is 43.6 Å². The lowest BCUT2D eigenvalue weighted by molar-refractivity contribution is 0.0627. The van der Waals surface area contributed by atoms with Gasteiger partial charge in [-0.15, -0.1) is 0 Å². The second-order valence-corrected chi connectivity index (χ2v) is 7.44. The van der Waals surface area contributed by atoms with Crippen molar-refractivity contribution in [3.63, 3.8) is 0 Å². The number of likely N-dealkylation sites (tertiary alicyclic amines) is 1. The maximum atomic E-state index is 5.36. The van der Waals surface area contributed by atoms with Crippen LogP contribution in [0.5, 0.6) is 0 Å². The molecule has 0 spiro atoms. The maximum absolute atomic E-state index is 5.36. The van der Waals surface area contributed by atoms with Crippen molar-refractivity contribution in [3.8, 4) is 0 Å². The van der Waals surface area contributed by atoms with Gasteiger partial charge in [-0.25, -0.2) is 0 Å². The highest BCUT2D eigenvalue weighted by Gasteiger charge is 2.36. The van der Waals surface area contributed by atoms with Crippen molar-refractivity contribution in [1.82, 2.24) is 10.2 Å². The van der Waals surface area contributed by atoms with Crippen LogP contribution in [0.15, 0.2) is 0 Å². The lowest BCUT2D eigenvalue weighted by Crippen LogP contribution is -2.47. The molecule has 0 bridgehead atoms. The molecule has 3 nitrogen and oxygen atoms in total. The Bertz CT molecular complexity index is 272. The molecule has 0 amide bonds. The Kier molecular flexibility index (Phi) is 6.31. The number of nitrogens with zero attached hydrogens (tertiary/aromatic N) is 1. The minimum Gasteiger partial charge on any atom is -0.384 e. The van der Waals surface area contributed by atoms with Gasteiger partial charge in [0.2, 0.25) is 0 Å². The first-order valence-electron chi connectivity index (χ1n) is 8.58. The third-order valence-corrected chi connectivity index (χ3v) is 5.11. The van der Waals surface area contributed by atoms with Crippen molar-refractivity contribution in [2.45, 2.75) is 58.4 Å². The molecule has 2 fully saturated rings. The van der Waals surface area contributed by atoms with Gasteiger partial charge in [0.25, 0.3) is 0 Å². The van der Waals surface area contributed by atoms with Crippen LogP contribution in [0.1, 0.15) is 52.4 Å². The average Bonchev–Trinajstić information content (AvgIpc) is 2.86. The smallest absolute Gasteiger partial charge is 0.0502 e. The normalized spacial score (nSPS) is 27.3. The van der Waals surface area contributed by atoms with Gasteiger partial charge < -0.3 is 15.0 Å². The van der Waals surface area contributed by atoms with Crippen molar-refractivity contribution in [2.75, 3.05) is 39.9 Å². The van der Waals surface area contributed by atoms with E-state index in [-0.39, 0.29) is 0 Å². The lowest BCUT2D eigenvalue weighted by atomic mass is 9.84. The van der Waals surface area contributed by atoms with Gasteiger partial charge in [0.05, 0.1) is 6.61 Å². The van der Waals surface area contributed by atoms with E-state index >= 15 is 0 Å². The number of hydrogen-bond acceptors (Lipinski definition) is 3. The minimum absolute atomic E-state index is 0.541. The first-order chi connectivity index (χ1) is 9.63. The first-order valence-corrected chi connectivity index (χ1v) is 8.58. The Hall–Kier alpha value is -0.120. The van der Waals surface area contributed by atoms with E-state index in [1.54, 1.807) is 0 Å². The molecule has 0 aromatic heterocycles. The van der Waals surface area contributed by atoms with E-state index in [2.05, 4.69) is 24.1 Å². The number of ether oxygens (including phenoxy) is 1. The summed E-state index contributed by atoms with van der Waals surface area (Å²) >= 11 is 0. The standard InChI is InChI=1S/C17H34N2O/c1-15(2)18-13-17(8-4-5-9-17)14-19-10-6-7-16(11-19)12-20-3/h15-16,18H,4-14H2,1-3H3. The molecule has 118 valence electrons. The third-order valence-electron chi connectivity index (χ3n) is 5.11. The van der Waals surface area contributed by atoms with Crippen LogP contribution in [-0.2, 0) is 4.74 Å². The van der Waals surface area contributed by atoms with Crippen molar-refractivity contribution in [2.24, 2.45) is 11.3 Å². The molecular formula is C17H34N2O. The Morgan fingerprint density at radius 3 is 2.65 bits per heavy atom. The minimum atomic E-state index is 0.541. The first kappa shape index (κ1) is 16.3. The summed E-state index contributed by atoms with van der Waals surface area (Å²) in [6.45, 7) is 10.5. The molecular weight excluding hydrogens is 248 g/mol. The quantitative estimate of drug-likeness (QED) is 0.777. The Morgan fingerprint density at radius 1 is 1.25 bits per heavy atom. The fraction of sp³-hybridized carbons (Fsp3) is 1.00. The van der Waals surface area contributed by atoms with Crippen molar-refractivity contribution < 1.29 is 4.74 Å². The van der Waals surface area contributed by atoms with E-state index in [0.29, 0.717) is 11.5 Å². The maximum Gasteiger partial charge on any atom is 0.0502 e. The molecule has 1 heterocycles. The second-order valence-electron chi connectivity index (χ2n) is 7.44. The summed E-state index contributed by atoms with van der Waals surface area (Å²) < 4.78 is 5.36. The Labute approximate surface area is 125 Å². The third kappa shape index (κ3) is 4.71. The molecule has 3 heteroatoms. The number of rotatable bonds is 7. The molecule has 1 unspecified atom stereocenters. The van der Waals surface area contributed by atoms with E-state index in [1.165, 1.54) is 64.7 Å². The van der Waals surface area contributed by atoms with E-state index in [9.17, 15) is 0 Å². The zero-order valence-electron chi connectivity index (χ0n) is 13.8. The molecule has 0 aromatic carbocycles. The highest BCUT2D eigenvalue weighted by molar-refractivity contribution is 4.91. The van der Waals surface area contributed by atoms with E-state index in [1.807, 2.05) is 7.11 Å². The molecule has 2 rings (SSSR count). The van der Waals surface area contributed by atoms with Gasteiger partial charge in [0.15, 0.2) is 0 Å². The van der Waals surface area contributed by atoms with Gasteiger partial charge >= 0.3 is 0 Å². The van der Waals surface area contributed by atoms with Gasteiger partial charge in [-0.2, -0.15) is 0 Å². The van der Waals surface area contributed by atoms with E-state index in [4.69, 9.17) is 4.74 Å². The number of hydrogen-bond donors (Lipinski definition) is 1. The summed E-state index contributed by atoms with van der Waals surface area (Å²) in [5.74, 6) is 0.755. The van der Waals surface area contributed by atoms with Crippen molar-refractivity contribution in [1.29, 1.82) is 0 Å². The zero-order valence-corrected chi connectivity index (χ0v) is 13.8. The van der Waals surface area contributed by atoms with Crippen LogP contribution < -0.4 is 5.32 Å². The largest absolute Gasteiger partial charge is 0.384 e. The number of nitrogens with one attached hydrogen (secondary N) is 1. The SMILES string of the molecule is COCC1CCCN(CC2(CNC(C)C)CCCC2)C1. The fourth-order valence-corrected chi connectivity index (χ4v) is 4.08. The van der Waals surface area contributed by atoms with Gasteiger partial charge in [0.1, 0.15) is 0 Å². The van der Waals surface area contributed by atoms with Crippen LogP contribution in [0.2, 0.25) is 0 Å². The summed E-state index contributed by atoms with van der Waals surface area (Å²) in [6, 6.07) is 0.607. The zero-order chi connectivity index (χ0) is 14.4. The van der Waals surface area contributed by atoms with Crippen LogP contribution in [0, 0.1) is 11.3 Å². The van der Waals surface area contributed by atoms with Crippen molar-refractivity contribution in [3.05, 3.63) is 0 Å². The Balaban J connectivity index is 1.87. The summed E-state index contributed by atoms with van der Waals surface area (Å²) in [4.78, 5) is 2.72. The van der Waals surface area contributed by atoms with Gasteiger partial charge in [-0.1, -0.05) is 26.7 Å². The molecule has 1 saturated carbocycles. The summed E-state index contributed by atoms with van der Waals surface area (Å²) in [6.07, 6.45) is 8.38. The molecule has 20 heavy (non-hydrogen) atoms. The molecule has 2 aliphatic rings. The summed E-state index contributed by atoms with van der Waals surface area (Å²) in [5.41, 5.74) is 0.541. The second kappa shape index (κ2) is 7.77. The van der Waals surface area contributed by atoms with E-state index in [0.717, 1.165) is 12.5 Å². The van der Waals surface area contributed by atoms with Gasteiger partial charge in [-0.3, -0.25) is 0 Å². The average molecular weight is 282 g/mol. The lowest BCUT2D eigenvalue weighted by Gasteiger charge is -2.40. The molecule has 1 saturated heterocycles. The van der Waals surface area contributed by atoms with Gasteiger partial charge in [0, 0.05) is 32.8 Å². The highest BCUT2D eigenvalue weighted by Crippen LogP contribution is 2.39. The molecule has 1 N–H and O–H groups in total. The molecule has 0 radical (unpaired) electrons. The highest BCUT2D eigenvalue weighted by atomic mass is 16.5. The van der Waals surface area contributed by atoms with Crippen LogP contribution >= 0.6 is 0 Å². The van der Waals surface area contributed by atoms with Crippen LogP contribution in [0.25, 0.3) is 0 Å². The fourth-order valence-electron chi connectivity index (χ4n) is 4.08. The Morgan fingerprint density at radius 2 is 2.00 bits per heavy atom.